The molecule has 4 nitrogen and oxygen atoms in total. The molecular formula is C26H28ClNO3. The van der Waals surface area contributed by atoms with Gasteiger partial charge in [0.2, 0.25) is 0 Å². The number of rotatable bonds is 4. The fourth-order valence-electron chi connectivity index (χ4n) is 4.07. The Bertz CT molecular complexity index is 1090. The van der Waals surface area contributed by atoms with Crippen molar-refractivity contribution in [1.82, 2.24) is 0 Å². The highest BCUT2D eigenvalue weighted by Gasteiger charge is 2.39. The van der Waals surface area contributed by atoms with Gasteiger partial charge >= 0.3 is 6.09 Å². The van der Waals surface area contributed by atoms with E-state index in [0.717, 1.165) is 33.3 Å². The van der Waals surface area contributed by atoms with Crippen molar-refractivity contribution >= 4 is 34.2 Å². The Morgan fingerprint density at radius 1 is 1.10 bits per heavy atom. The van der Waals surface area contributed by atoms with Gasteiger partial charge in [-0.25, -0.2) is 4.79 Å². The zero-order chi connectivity index (χ0) is 22.2. The van der Waals surface area contributed by atoms with E-state index in [1.54, 1.807) is 4.90 Å². The summed E-state index contributed by atoms with van der Waals surface area (Å²) in [6.45, 7) is 8.53. The van der Waals surface area contributed by atoms with Crippen molar-refractivity contribution in [3.63, 3.8) is 0 Å². The standard InChI is InChI=1S/C26H28ClNO3/c1-17(27)21-15-28(25(29)31-26(2,3)4)22-14-23(30-16-18-10-6-5-7-11-18)19-12-8-9-13-20(19)24(21)22/h5-14,17,21H,15-16H2,1-4H3/t17-,21-/m1/s1. The van der Waals surface area contributed by atoms with Gasteiger partial charge in [-0.1, -0.05) is 54.6 Å². The molecule has 2 atom stereocenters. The fraction of sp³-hybridized carbons (Fsp3) is 0.346. The number of amides is 1. The lowest BCUT2D eigenvalue weighted by Gasteiger charge is -2.25. The minimum Gasteiger partial charge on any atom is -0.488 e. The second-order valence-corrected chi connectivity index (χ2v) is 9.69. The molecule has 0 aromatic heterocycles. The van der Waals surface area contributed by atoms with Gasteiger partial charge in [-0.3, -0.25) is 4.90 Å². The first-order chi connectivity index (χ1) is 14.7. The summed E-state index contributed by atoms with van der Waals surface area (Å²) in [5, 5.41) is 1.95. The van der Waals surface area contributed by atoms with Gasteiger partial charge in [0.15, 0.2) is 0 Å². The molecule has 1 amide bonds. The zero-order valence-corrected chi connectivity index (χ0v) is 19.1. The number of anilines is 1. The summed E-state index contributed by atoms with van der Waals surface area (Å²) in [4.78, 5) is 14.7. The third-order valence-electron chi connectivity index (χ3n) is 5.47. The van der Waals surface area contributed by atoms with Crippen LogP contribution in [0.3, 0.4) is 0 Å². The van der Waals surface area contributed by atoms with Crippen LogP contribution in [0, 0.1) is 0 Å². The van der Waals surface area contributed by atoms with Crippen LogP contribution in [0.25, 0.3) is 10.8 Å². The molecule has 0 saturated heterocycles. The quantitative estimate of drug-likeness (QED) is 0.417. The normalized spacial score (nSPS) is 16.8. The lowest BCUT2D eigenvalue weighted by molar-refractivity contribution is 0.0582. The van der Waals surface area contributed by atoms with Crippen LogP contribution in [-0.2, 0) is 11.3 Å². The highest BCUT2D eigenvalue weighted by Crippen LogP contribution is 2.47. The molecule has 3 aromatic rings. The first-order valence-electron chi connectivity index (χ1n) is 10.6. The van der Waals surface area contributed by atoms with E-state index in [2.05, 4.69) is 12.1 Å². The van der Waals surface area contributed by atoms with E-state index in [-0.39, 0.29) is 17.4 Å². The number of alkyl halides is 1. The maximum atomic E-state index is 13.0. The van der Waals surface area contributed by atoms with Crippen molar-refractivity contribution < 1.29 is 14.3 Å². The van der Waals surface area contributed by atoms with Gasteiger partial charge in [0.25, 0.3) is 0 Å². The highest BCUT2D eigenvalue weighted by molar-refractivity contribution is 6.21. The Kier molecular flexibility index (Phi) is 5.85. The first-order valence-corrected chi connectivity index (χ1v) is 11.0. The molecule has 0 fully saturated rings. The molecule has 31 heavy (non-hydrogen) atoms. The highest BCUT2D eigenvalue weighted by atomic mass is 35.5. The zero-order valence-electron chi connectivity index (χ0n) is 18.4. The average molecular weight is 438 g/mol. The maximum Gasteiger partial charge on any atom is 0.414 e. The third-order valence-corrected chi connectivity index (χ3v) is 5.78. The van der Waals surface area contributed by atoms with Crippen LogP contribution in [0.1, 0.15) is 44.7 Å². The molecule has 0 N–H and O–H groups in total. The van der Waals surface area contributed by atoms with Gasteiger partial charge in [-0.15, -0.1) is 11.6 Å². The summed E-state index contributed by atoms with van der Waals surface area (Å²) < 4.78 is 11.9. The molecule has 1 aliphatic heterocycles. The SMILES string of the molecule is C[C@@H](Cl)[C@H]1CN(C(=O)OC(C)(C)C)c2cc(OCc3ccccc3)c3ccccc3c21. The molecule has 1 aliphatic rings. The number of ether oxygens (including phenoxy) is 2. The van der Waals surface area contributed by atoms with Crippen LogP contribution in [0.5, 0.6) is 5.75 Å². The van der Waals surface area contributed by atoms with Gasteiger partial charge in [-0.2, -0.15) is 0 Å². The average Bonchev–Trinajstić information content (AvgIpc) is 3.12. The summed E-state index contributed by atoms with van der Waals surface area (Å²) in [5.74, 6) is 0.756. The summed E-state index contributed by atoms with van der Waals surface area (Å²) in [6, 6.07) is 20.2. The number of halogens is 1. The van der Waals surface area contributed by atoms with Crippen LogP contribution in [-0.4, -0.2) is 23.6 Å². The number of fused-ring (bicyclic) bond motifs is 3. The summed E-state index contributed by atoms with van der Waals surface area (Å²) >= 11 is 6.59. The second kappa shape index (κ2) is 8.43. The fourth-order valence-corrected chi connectivity index (χ4v) is 4.28. The van der Waals surface area contributed by atoms with E-state index in [4.69, 9.17) is 21.1 Å². The Morgan fingerprint density at radius 3 is 2.39 bits per heavy atom. The molecule has 5 heteroatoms. The lowest BCUT2D eigenvalue weighted by Crippen LogP contribution is -2.36. The molecule has 1 heterocycles. The number of benzene rings is 3. The Morgan fingerprint density at radius 2 is 1.74 bits per heavy atom. The van der Waals surface area contributed by atoms with Gasteiger partial charge in [0.05, 0.1) is 5.69 Å². The van der Waals surface area contributed by atoms with Crippen LogP contribution < -0.4 is 9.64 Å². The summed E-state index contributed by atoms with van der Waals surface area (Å²) in [6.07, 6.45) is -0.363. The number of hydrogen-bond donors (Lipinski definition) is 0. The van der Waals surface area contributed by atoms with Gasteiger partial charge in [-0.05, 0) is 44.2 Å². The number of hydrogen-bond acceptors (Lipinski definition) is 3. The summed E-state index contributed by atoms with van der Waals surface area (Å²) in [5.41, 5.74) is 2.40. The largest absolute Gasteiger partial charge is 0.488 e. The Labute approximate surface area is 188 Å². The van der Waals surface area contributed by atoms with Gasteiger partial charge < -0.3 is 9.47 Å². The number of carbonyl (C=O) groups excluding carboxylic acids is 1. The van der Waals surface area contributed by atoms with E-state index in [1.807, 2.05) is 76.2 Å². The second-order valence-electron chi connectivity index (χ2n) is 9.00. The third kappa shape index (κ3) is 4.49. The predicted molar refractivity (Wildman–Crippen MR) is 126 cm³/mol. The van der Waals surface area contributed by atoms with E-state index < -0.39 is 5.60 Å². The number of carbonyl (C=O) groups is 1. The van der Waals surface area contributed by atoms with Gasteiger partial charge in [0.1, 0.15) is 18.0 Å². The molecule has 0 radical (unpaired) electrons. The van der Waals surface area contributed by atoms with Crippen molar-refractivity contribution in [2.45, 2.75) is 51.2 Å². The molecule has 0 unspecified atom stereocenters. The smallest absolute Gasteiger partial charge is 0.414 e. The number of nitrogens with zero attached hydrogens (tertiary/aromatic N) is 1. The Balaban J connectivity index is 1.80. The molecule has 0 aliphatic carbocycles. The first kappa shape index (κ1) is 21.5. The van der Waals surface area contributed by atoms with Crippen molar-refractivity contribution in [3.8, 4) is 5.75 Å². The molecule has 0 saturated carbocycles. The van der Waals surface area contributed by atoms with Crippen molar-refractivity contribution in [2.24, 2.45) is 0 Å². The molecular weight excluding hydrogens is 410 g/mol. The predicted octanol–water partition coefficient (Wildman–Crippen LogP) is 6.88. The molecule has 3 aromatic carbocycles. The Hall–Kier alpha value is -2.72. The van der Waals surface area contributed by atoms with Crippen LogP contribution >= 0.6 is 11.6 Å². The molecule has 4 rings (SSSR count). The van der Waals surface area contributed by atoms with Crippen molar-refractivity contribution in [1.29, 1.82) is 0 Å². The van der Waals surface area contributed by atoms with Crippen LogP contribution in [0.4, 0.5) is 10.5 Å². The molecule has 162 valence electrons. The summed E-state index contributed by atoms with van der Waals surface area (Å²) in [7, 11) is 0. The van der Waals surface area contributed by atoms with E-state index in [9.17, 15) is 4.79 Å². The van der Waals surface area contributed by atoms with Crippen LogP contribution in [0.15, 0.2) is 60.7 Å². The topological polar surface area (TPSA) is 38.8 Å². The van der Waals surface area contributed by atoms with Crippen molar-refractivity contribution in [3.05, 3.63) is 71.8 Å². The van der Waals surface area contributed by atoms with Crippen molar-refractivity contribution in [2.75, 3.05) is 11.4 Å². The van der Waals surface area contributed by atoms with E-state index in [1.165, 1.54) is 0 Å². The molecule has 0 bridgehead atoms. The van der Waals surface area contributed by atoms with E-state index in [0.29, 0.717) is 13.2 Å². The maximum absolute atomic E-state index is 13.0. The minimum absolute atomic E-state index is 0.0114. The lowest BCUT2D eigenvalue weighted by atomic mass is 9.92. The molecule has 0 spiro atoms. The minimum atomic E-state index is -0.578. The van der Waals surface area contributed by atoms with Crippen LogP contribution in [0.2, 0.25) is 0 Å². The van der Waals surface area contributed by atoms with Gasteiger partial charge in [0, 0.05) is 29.3 Å². The monoisotopic (exact) mass is 437 g/mol. The van der Waals surface area contributed by atoms with E-state index >= 15 is 0 Å².